The average molecular weight is 273 g/mol. The molecule has 0 amide bonds. The maximum Gasteiger partial charge on any atom is 0.108 e. The Morgan fingerprint density at radius 1 is 0.952 bits per heavy atom. The van der Waals surface area contributed by atoms with Crippen LogP contribution in [0.15, 0.2) is 61.1 Å². The van der Waals surface area contributed by atoms with Crippen LogP contribution in [0.3, 0.4) is 0 Å². The van der Waals surface area contributed by atoms with Crippen molar-refractivity contribution in [2.75, 3.05) is 0 Å². The zero-order valence-electron chi connectivity index (χ0n) is 11.8. The third kappa shape index (κ3) is 1.89. The summed E-state index contributed by atoms with van der Waals surface area (Å²) in [6, 6.07) is 16.8. The molecule has 0 fully saturated rings. The molecule has 0 N–H and O–H groups in total. The van der Waals surface area contributed by atoms with E-state index in [9.17, 15) is 0 Å². The summed E-state index contributed by atoms with van der Waals surface area (Å²) in [4.78, 5) is 9.02. The normalized spacial score (nSPS) is 11.3. The first-order valence-electron chi connectivity index (χ1n) is 7.17. The van der Waals surface area contributed by atoms with Gasteiger partial charge in [0.05, 0.1) is 17.2 Å². The van der Waals surface area contributed by atoms with E-state index >= 15 is 0 Å². The lowest BCUT2D eigenvalue weighted by atomic mass is 10.1. The van der Waals surface area contributed by atoms with Crippen LogP contribution < -0.4 is 0 Å². The third-order valence-corrected chi connectivity index (χ3v) is 3.88. The van der Waals surface area contributed by atoms with Crippen LogP contribution in [0.2, 0.25) is 0 Å². The van der Waals surface area contributed by atoms with E-state index in [0.717, 1.165) is 34.0 Å². The number of imidazole rings is 1. The van der Waals surface area contributed by atoms with Gasteiger partial charge in [0.1, 0.15) is 11.8 Å². The molecule has 2 aromatic carbocycles. The molecule has 0 spiro atoms. The molecule has 0 radical (unpaired) electrons. The van der Waals surface area contributed by atoms with Gasteiger partial charge >= 0.3 is 0 Å². The fourth-order valence-corrected chi connectivity index (χ4v) is 2.74. The van der Waals surface area contributed by atoms with Gasteiger partial charge in [0, 0.05) is 11.1 Å². The topological polar surface area (TPSA) is 30.7 Å². The van der Waals surface area contributed by atoms with Crippen molar-refractivity contribution in [3.8, 4) is 5.69 Å². The maximum atomic E-state index is 4.52. The Kier molecular flexibility index (Phi) is 2.71. The molecule has 0 aliphatic carbocycles. The fourth-order valence-electron chi connectivity index (χ4n) is 2.74. The Morgan fingerprint density at radius 2 is 1.81 bits per heavy atom. The number of aromatic nitrogens is 3. The molecular formula is C18H15N3. The molecule has 0 unspecified atom stereocenters. The van der Waals surface area contributed by atoms with Crippen molar-refractivity contribution in [1.82, 2.24) is 14.5 Å². The second-order valence-electron chi connectivity index (χ2n) is 5.15. The van der Waals surface area contributed by atoms with Crippen molar-refractivity contribution in [2.45, 2.75) is 13.3 Å². The van der Waals surface area contributed by atoms with E-state index in [-0.39, 0.29) is 0 Å². The Morgan fingerprint density at radius 3 is 2.62 bits per heavy atom. The summed E-state index contributed by atoms with van der Waals surface area (Å²) in [5.74, 6) is 0. The zero-order valence-corrected chi connectivity index (χ0v) is 11.8. The van der Waals surface area contributed by atoms with Crippen molar-refractivity contribution >= 4 is 21.9 Å². The zero-order chi connectivity index (χ0) is 14.2. The Labute approximate surface area is 122 Å². The highest BCUT2D eigenvalue weighted by Crippen LogP contribution is 2.26. The average Bonchev–Trinajstić information content (AvgIpc) is 2.99. The molecule has 3 nitrogen and oxygen atoms in total. The number of pyridine rings is 1. The first-order valence-corrected chi connectivity index (χ1v) is 7.17. The van der Waals surface area contributed by atoms with Crippen LogP contribution in [0.5, 0.6) is 0 Å². The van der Waals surface area contributed by atoms with Gasteiger partial charge in [-0.3, -0.25) is 9.55 Å². The van der Waals surface area contributed by atoms with Gasteiger partial charge in [0.15, 0.2) is 0 Å². The van der Waals surface area contributed by atoms with Crippen molar-refractivity contribution in [1.29, 1.82) is 0 Å². The van der Waals surface area contributed by atoms with E-state index in [2.05, 4.69) is 51.8 Å². The van der Waals surface area contributed by atoms with Crippen LogP contribution >= 0.6 is 0 Å². The summed E-state index contributed by atoms with van der Waals surface area (Å²) in [6.45, 7) is 2.17. The van der Waals surface area contributed by atoms with Crippen molar-refractivity contribution in [3.63, 3.8) is 0 Å². The molecule has 102 valence electrons. The van der Waals surface area contributed by atoms with Crippen molar-refractivity contribution in [3.05, 3.63) is 66.6 Å². The van der Waals surface area contributed by atoms with Gasteiger partial charge in [-0.1, -0.05) is 31.2 Å². The molecule has 2 heterocycles. The summed E-state index contributed by atoms with van der Waals surface area (Å²) < 4.78 is 2.14. The molecule has 2 aromatic heterocycles. The standard InChI is InChI=1S/C18H15N3/c1-2-13-8-9-16-15(10-13)18-17(11-19-16)20-12-21(18)14-6-4-3-5-7-14/h3-12H,2H2,1H3. The molecule has 0 saturated heterocycles. The monoisotopic (exact) mass is 273 g/mol. The van der Waals surface area contributed by atoms with Crippen LogP contribution in [-0.2, 0) is 6.42 Å². The van der Waals surface area contributed by atoms with Crippen LogP contribution in [0, 0.1) is 0 Å². The number of nitrogens with zero attached hydrogens (tertiary/aromatic N) is 3. The van der Waals surface area contributed by atoms with E-state index in [1.807, 2.05) is 30.7 Å². The molecule has 0 atom stereocenters. The molecule has 4 aromatic rings. The van der Waals surface area contributed by atoms with Gasteiger partial charge in [-0.05, 0) is 36.2 Å². The molecule has 0 aliphatic rings. The second-order valence-corrected chi connectivity index (χ2v) is 5.15. The summed E-state index contributed by atoms with van der Waals surface area (Å²) in [6.07, 6.45) is 4.74. The number of fused-ring (bicyclic) bond motifs is 3. The van der Waals surface area contributed by atoms with E-state index < -0.39 is 0 Å². The molecule has 0 aliphatic heterocycles. The second kappa shape index (κ2) is 4.70. The van der Waals surface area contributed by atoms with E-state index in [1.165, 1.54) is 5.56 Å². The number of rotatable bonds is 2. The molecule has 0 saturated carbocycles. The quantitative estimate of drug-likeness (QED) is 0.549. The molecule has 3 heteroatoms. The van der Waals surface area contributed by atoms with E-state index in [4.69, 9.17) is 0 Å². The molecular weight excluding hydrogens is 258 g/mol. The van der Waals surface area contributed by atoms with Gasteiger partial charge in [0.2, 0.25) is 0 Å². The van der Waals surface area contributed by atoms with E-state index in [1.54, 1.807) is 0 Å². The number of aryl methyl sites for hydroxylation is 1. The largest absolute Gasteiger partial charge is 0.298 e. The smallest absolute Gasteiger partial charge is 0.108 e. The summed E-state index contributed by atoms with van der Waals surface area (Å²) in [5.41, 5.74) is 5.51. The van der Waals surface area contributed by atoms with Gasteiger partial charge in [-0.15, -0.1) is 0 Å². The summed E-state index contributed by atoms with van der Waals surface area (Å²) in [7, 11) is 0. The molecule has 4 rings (SSSR count). The first-order chi connectivity index (χ1) is 10.4. The van der Waals surface area contributed by atoms with Crippen LogP contribution in [0.25, 0.3) is 27.6 Å². The number of hydrogen-bond donors (Lipinski definition) is 0. The predicted molar refractivity (Wildman–Crippen MR) is 85.7 cm³/mol. The lowest BCUT2D eigenvalue weighted by Gasteiger charge is -2.07. The Bertz CT molecular complexity index is 923. The van der Waals surface area contributed by atoms with Gasteiger partial charge in [-0.25, -0.2) is 4.98 Å². The molecule has 0 bridgehead atoms. The van der Waals surface area contributed by atoms with Crippen molar-refractivity contribution in [2.24, 2.45) is 0 Å². The van der Waals surface area contributed by atoms with Crippen molar-refractivity contribution < 1.29 is 0 Å². The first kappa shape index (κ1) is 12.1. The highest BCUT2D eigenvalue weighted by molar-refractivity contribution is 6.03. The van der Waals surface area contributed by atoms with Crippen LogP contribution in [-0.4, -0.2) is 14.5 Å². The third-order valence-electron chi connectivity index (χ3n) is 3.88. The van der Waals surface area contributed by atoms with Gasteiger partial charge in [-0.2, -0.15) is 0 Å². The predicted octanol–water partition coefficient (Wildman–Crippen LogP) is 4.14. The Hall–Kier alpha value is -2.68. The maximum absolute atomic E-state index is 4.52. The number of hydrogen-bond acceptors (Lipinski definition) is 2. The van der Waals surface area contributed by atoms with Crippen LogP contribution in [0.4, 0.5) is 0 Å². The minimum atomic E-state index is 0.930. The number of para-hydroxylation sites is 1. The Balaban J connectivity index is 2.11. The highest BCUT2D eigenvalue weighted by atomic mass is 15.1. The molecule has 21 heavy (non-hydrogen) atoms. The van der Waals surface area contributed by atoms with Gasteiger partial charge < -0.3 is 0 Å². The lowest BCUT2D eigenvalue weighted by molar-refractivity contribution is 1.09. The highest BCUT2D eigenvalue weighted by Gasteiger charge is 2.10. The summed E-state index contributed by atoms with van der Waals surface area (Å²) >= 11 is 0. The SMILES string of the molecule is CCc1ccc2ncc3ncn(-c4ccccc4)c3c2c1. The lowest BCUT2D eigenvalue weighted by Crippen LogP contribution is -1.93. The van der Waals surface area contributed by atoms with E-state index in [0.29, 0.717) is 0 Å². The minimum Gasteiger partial charge on any atom is -0.298 e. The van der Waals surface area contributed by atoms with Crippen LogP contribution in [0.1, 0.15) is 12.5 Å². The fraction of sp³-hybridized carbons (Fsp3) is 0.111. The van der Waals surface area contributed by atoms with Gasteiger partial charge in [0.25, 0.3) is 0 Å². The number of benzene rings is 2. The minimum absolute atomic E-state index is 0.930. The summed E-state index contributed by atoms with van der Waals surface area (Å²) in [5, 5.41) is 1.16.